The molecule has 4 heteroatoms. The molecule has 1 aliphatic rings. The quantitative estimate of drug-likeness (QED) is 0.737. The first-order valence-electron chi connectivity index (χ1n) is 5.69. The molecule has 15 heavy (non-hydrogen) atoms. The Hall–Kier alpha value is -0.610. The van der Waals surface area contributed by atoms with Crippen molar-refractivity contribution in [2.24, 2.45) is 0 Å². The van der Waals surface area contributed by atoms with Crippen molar-refractivity contribution >= 4 is 5.97 Å². The molecule has 88 valence electrons. The standard InChI is InChI=1S/C11H21NO3/c1-8(13)7-10-5-3-4-6-12(10)9(2)11(14)15/h8-10,13H,3-7H2,1-2H3,(H,14,15). The predicted molar refractivity (Wildman–Crippen MR) is 57.7 cm³/mol. The number of piperidine rings is 1. The van der Waals surface area contributed by atoms with E-state index in [9.17, 15) is 9.90 Å². The largest absolute Gasteiger partial charge is 0.480 e. The Kier molecular flexibility index (Phi) is 4.54. The highest BCUT2D eigenvalue weighted by atomic mass is 16.4. The lowest BCUT2D eigenvalue weighted by Crippen LogP contribution is -2.49. The predicted octanol–water partition coefficient (Wildman–Crippen LogP) is 1.08. The average Bonchev–Trinajstić information content (AvgIpc) is 2.16. The van der Waals surface area contributed by atoms with Crippen LogP contribution in [-0.2, 0) is 4.79 Å². The van der Waals surface area contributed by atoms with E-state index in [1.807, 2.05) is 4.90 Å². The van der Waals surface area contributed by atoms with Gasteiger partial charge in [-0.05, 0) is 39.7 Å². The SMILES string of the molecule is CC(O)CC1CCCCN1C(C)C(=O)O. The maximum absolute atomic E-state index is 10.9. The van der Waals surface area contributed by atoms with Gasteiger partial charge in [-0.25, -0.2) is 0 Å². The second-order valence-corrected chi connectivity index (χ2v) is 4.49. The number of carbonyl (C=O) groups is 1. The molecule has 0 radical (unpaired) electrons. The fraction of sp³-hybridized carbons (Fsp3) is 0.909. The normalized spacial score (nSPS) is 27.3. The van der Waals surface area contributed by atoms with E-state index in [1.54, 1.807) is 13.8 Å². The zero-order valence-electron chi connectivity index (χ0n) is 9.52. The summed E-state index contributed by atoms with van der Waals surface area (Å²) in [7, 11) is 0. The van der Waals surface area contributed by atoms with Gasteiger partial charge in [0.05, 0.1) is 6.10 Å². The molecule has 1 fully saturated rings. The molecule has 1 heterocycles. The lowest BCUT2D eigenvalue weighted by molar-refractivity contribution is -0.144. The number of carboxylic acids is 1. The zero-order valence-corrected chi connectivity index (χ0v) is 9.52. The van der Waals surface area contributed by atoms with Gasteiger partial charge in [0, 0.05) is 6.04 Å². The Bertz CT molecular complexity index is 218. The number of hydrogen-bond donors (Lipinski definition) is 2. The van der Waals surface area contributed by atoms with Crippen LogP contribution >= 0.6 is 0 Å². The number of nitrogens with zero attached hydrogens (tertiary/aromatic N) is 1. The minimum Gasteiger partial charge on any atom is -0.480 e. The number of hydrogen-bond acceptors (Lipinski definition) is 3. The highest BCUT2D eigenvalue weighted by Crippen LogP contribution is 2.23. The fourth-order valence-electron chi connectivity index (χ4n) is 2.32. The van der Waals surface area contributed by atoms with Crippen molar-refractivity contribution in [2.75, 3.05) is 6.54 Å². The van der Waals surface area contributed by atoms with Gasteiger partial charge in [-0.1, -0.05) is 6.42 Å². The zero-order chi connectivity index (χ0) is 11.4. The van der Waals surface area contributed by atoms with E-state index in [2.05, 4.69) is 0 Å². The third-order valence-corrected chi connectivity index (χ3v) is 3.14. The molecule has 0 spiro atoms. The average molecular weight is 215 g/mol. The van der Waals surface area contributed by atoms with Crippen LogP contribution in [0.3, 0.4) is 0 Å². The van der Waals surface area contributed by atoms with E-state index in [0.717, 1.165) is 25.8 Å². The Balaban J connectivity index is 2.60. The summed E-state index contributed by atoms with van der Waals surface area (Å²) in [6.07, 6.45) is 3.53. The first kappa shape index (κ1) is 12.5. The van der Waals surface area contributed by atoms with Crippen molar-refractivity contribution in [1.82, 2.24) is 4.90 Å². The van der Waals surface area contributed by atoms with Crippen molar-refractivity contribution in [2.45, 2.75) is 57.7 Å². The van der Waals surface area contributed by atoms with Crippen LogP contribution in [0.25, 0.3) is 0 Å². The minimum atomic E-state index is -0.771. The molecule has 0 aliphatic carbocycles. The van der Waals surface area contributed by atoms with Crippen LogP contribution in [0.5, 0.6) is 0 Å². The summed E-state index contributed by atoms with van der Waals surface area (Å²) in [5.41, 5.74) is 0. The lowest BCUT2D eigenvalue weighted by atomic mass is 9.95. The van der Waals surface area contributed by atoms with Gasteiger partial charge in [0.25, 0.3) is 0 Å². The molecule has 0 aromatic heterocycles. The molecule has 3 atom stereocenters. The number of rotatable bonds is 4. The van der Waals surface area contributed by atoms with Crippen molar-refractivity contribution in [3.63, 3.8) is 0 Å². The summed E-state index contributed by atoms with van der Waals surface area (Å²) >= 11 is 0. The number of aliphatic carboxylic acids is 1. The molecule has 1 saturated heterocycles. The summed E-state index contributed by atoms with van der Waals surface area (Å²) < 4.78 is 0. The summed E-state index contributed by atoms with van der Waals surface area (Å²) in [5, 5.41) is 18.4. The highest BCUT2D eigenvalue weighted by Gasteiger charge is 2.30. The van der Waals surface area contributed by atoms with Gasteiger partial charge in [0.1, 0.15) is 6.04 Å². The van der Waals surface area contributed by atoms with Crippen molar-refractivity contribution in [3.05, 3.63) is 0 Å². The second-order valence-electron chi connectivity index (χ2n) is 4.49. The topological polar surface area (TPSA) is 60.8 Å². The molecule has 3 unspecified atom stereocenters. The van der Waals surface area contributed by atoms with E-state index >= 15 is 0 Å². The summed E-state index contributed by atoms with van der Waals surface area (Å²) in [5.74, 6) is -0.771. The third-order valence-electron chi connectivity index (χ3n) is 3.14. The summed E-state index contributed by atoms with van der Waals surface area (Å²) in [6.45, 7) is 4.33. The molecular formula is C11H21NO3. The van der Waals surface area contributed by atoms with E-state index in [0.29, 0.717) is 6.42 Å². The van der Waals surface area contributed by atoms with E-state index in [1.165, 1.54) is 0 Å². The van der Waals surface area contributed by atoms with Crippen LogP contribution in [0.15, 0.2) is 0 Å². The van der Waals surface area contributed by atoms with Gasteiger partial charge in [0.2, 0.25) is 0 Å². The van der Waals surface area contributed by atoms with Crippen LogP contribution in [0.1, 0.15) is 39.5 Å². The highest BCUT2D eigenvalue weighted by molar-refractivity contribution is 5.72. The van der Waals surface area contributed by atoms with Gasteiger partial charge in [-0.3, -0.25) is 9.69 Å². The van der Waals surface area contributed by atoms with Gasteiger partial charge < -0.3 is 10.2 Å². The number of aliphatic hydroxyl groups excluding tert-OH is 1. The molecule has 0 saturated carbocycles. The maximum atomic E-state index is 10.9. The number of aliphatic hydroxyl groups is 1. The second kappa shape index (κ2) is 5.47. The third kappa shape index (κ3) is 3.47. The van der Waals surface area contributed by atoms with E-state index in [4.69, 9.17) is 5.11 Å². The molecule has 0 aromatic rings. The van der Waals surface area contributed by atoms with E-state index in [-0.39, 0.29) is 12.1 Å². The summed E-state index contributed by atoms with van der Waals surface area (Å²) in [6, 6.07) is -0.209. The molecule has 2 N–H and O–H groups in total. The van der Waals surface area contributed by atoms with Crippen LogP contribution in [-0.4, -0.2) is 45.8 Å². The van der Waals surface area contributed by atoms with Crippen molar-refractivity contribution < 1.29 is 15.0 Å². The molecule has 0 bridgehead atoms. The van der Waals surface area contributed by atoms with Crippen LogP contribution in [0, 0.1) is 0 Å². The Morgan fingerprint density at radius 2 is 2.13 bits per heavy atom. The van der Waals surface area contributed by atoms with Crippen LogP contribution < -0.4 is 0 Å². The van der Waals surface area contributed by atoms with E-state index < -0.39 is 12.0 Å². The minimum absolute atomic E-state index is 0.227. The smallest absolute Gasteiger partial charge is 0.320 e. The maximum Gasteiger partial charge on any atom is 0.320 e. The summed E-state index contributed by atoms with van der Waals surface area (Å²) in [4.78, 5) is 12.9. The first-order chi connectivity index (χ1) is 7.02. The monoisotopic (exact) mass is 215 g/mol. The van der Waals surface area contributed by atoms with Gasteiger partial charge in [-0.2, -0.15) is 0 Å². The van der Waals surface area contributed by atoms with Crippen LogP contribution in [0.4, 0.5) is 0 Å². The lowest BCUT2D eigenvalue weighted by Gasteiger charge is -2.38. The molecule has 0 amide bonds. The number of carboxylic acid groups (broad SMARTS) is 1. The van der Waals surface area contributed by atoms with Gasteiger partial charge >= 0.3 is 5.97 Å². The van der Waals surface area contributed by atoms with Crippen molar-refractivity contribution in [1.29, 1.82) is 0 Å². The molecule has 1 rings (SSSR count). The Labute approximate surface area is 90.9 Å². The Morgan fingerprint density at radius 3 is 2.67 bits per heavy atom. The van der Waals surface area contributed by atoms with Crippen LogP contribution in [0.2, 0.25) is 0 Å². The molecule has 4 nitrogen and oxygen atoms in total. The molecule has 0 aromatic carbocycles. The fourth-order valence-corrected chi connectivity index (χ4v) is 2.32. The number of likely N-dealkylation sites (tertiary alicyclic amines) is 1. The molecular weight excluding hydrogens is 194 g/mol. The van der Waals surface area contributed by atoms with Gasteiger partial charge in [-0.15, -0.1) is 0 Å². The Morgan fingerprint density at radius 1 is 1.47 bits per heavy atom. The van der Waals surface area contributed by atoms with Gasteiger partial charge in [0.15, 0.2) is 0 Å². The first-order valence-corrected chi connectivity index (χ1v) is 5.69. The molecule has 1 aliphatic heterocycles. The van der Waals surface area contributed by atoms with Crippen molar-refractivity contribution in [3.8, 4) is 0 Å².